The largest absolute Gasteiger partial charge is 0.374 e. The lowest BCUT2D eigenvalue weighted by Gasteiger charge is -2.35. The van der Waals surface area contributed by atoms with Crippen LogP contribution >= 0.6 is 22.9 Å². The van der Waals surface area contributed by atoms with Gasteiger partial charge in [0.2, 0.25) is 0 Å². The summed E-state index contributed by atoms with van der Waals surface area (Å²) in [7, 11) is 0. The van der Waals surface area contributed by atoms with Gasteiger partial charge in [0.25, 0.3) is 0 Å². The summed E-state index contributed by atoms with van der Waals surface area (Å²) >= 11 is 7.45. The predicted molar refractivity (Wildman–Crippen MR) is 71.0 cm³/mol. The molecule has 1 aromatic heterocycles. The molecule has 0 radical (unpaired) electrons. The molecule has 18 heavy (non-hydrogen) atoms. The minimum atomic E-state index is -0.286. The average molecular weight is 289 g/mol. The molecular weight excluding hydrogens is 272 g/mol. The Morgan fingerprint density at radius 2 is 2.06 bits per heavy atom. The second kappa shape index (κ2) is 5.47. The van der Waals surface area contributed by atoms with E-state index in [2.05, 4.69) is 5.38 Å². The van der Waals surface area contributed by atoms with Gasteiger partial charge in [0.05, 0.1) is 30.3 Å². The fourth-order valence-electron chi connectivity index (χ4n) is 2.62. The highest BCUT2D eigenvalue weighted by atomic mass is 35.5. The van der Waals surface area contributed by atoms with Crippen LogP contribution < -0.4 is 0 Å². The van der Waals surface area contributed by atoms with Crippen molar-refractivity contribution in [1.29, 1.82) is 0 Å². The molecule has 1 aliphatic heterocycles. The van der Waals surface area contributed by atoms with Gasteiger partial charge in [0, 0.05) is 12.8 Å². The van der Waals surface area contributed by atoms with E-state index in [1.54, 1.807) is 11.3 Å². The van der Waals surface area contributed by atoms with Gasteiger partial charge in [-0.1, -0.05) is 11.6 Å². The number of hydrogen-bond acceptors (Lipinski definition) is 4. The summed E-state index contributed by atoms with van der Waals surface area (Å²) in [5.41, 5.74) is 1.17. The Kier molecular flexibility index (Phi) is 3.91. The summed E-state index contributed by atoms with van der Waals surface area (Å²) in [5, 5.41) is 2.05. The van der Waals surface area contributed by atoms with Crippen LogP contribution in [0.1, 0.15) is 31.2 Å². The van der Waals surface area contributed by atoms with E-state index in [1.165, 1.54) is 5.56 Å². The van der Waals surface area contributed by atoms with Crippen LogP contribution in [0.25, 0.3) is 0 Å². The fourth-order valence-corrected chi connectivity index (χ4v) is 3.51. The van der Waals surface area contributed by atoms with Gasteiger partial charge >= 0.3 is 0 Å². The van der Waals surface area contributed by atoms with E-state index in [9.17, 15) is 0 Å². The van der Waals surface area contributed by atoms with Crippen LogP contribution in [0.2, 0.25) is 4.34 Å². The maximum atomic E-state index is 5.92. The van der Waals surface area contributed by atoms with Crippen LogP contribution in [0.3, 0.4) is 0 Å². The van der Waals surface area contributed by atoms with Crippen molar-refractivity contribution in [2.75, 3.05) is 13.2 Å². The first kappa shape index (κ1) is 12.9. The summed E-state index contributed by atoms with van der Waals surface area (Å²) in [5.74, 6) is -0.286. The SMILES string of the molecule is Clc1cc(COC2CCC3(CC2)OCCO3)cs1. The topological polar surface area (TPSA) is 27.7 Å². The molecule has 1 aliphatic carbocycles. The smallest absolute Gasteiger partial charge is 0.168 e. The van der Waals surface area contributed by atoms with Crippen molar-refractivity contribution in [3.05, 3.63) is 21.3 Å². The van der Waals surface area contributed by atoms with Crippen LogP contribution in [0.15, 0.2) is 11.4 Å². The Labute approximate surface area is 116 Å². The summed E-state index contributed by atoms with van der Waals surface area (Å²) in [6.45, 7) is 2.13. The first-order chi connectivity index (χ1) is 8.76. The Hall–Kier alpha value is -0.130. The molecule has 2 aliphatic rings. The molecule has 0 N–H and O–H groups in total. The second-order valence-electron chi connectivity index (χ2n) is 4.88. The number of halogens is 1. The van der Waals surface area contributed by atoms with Gasteiger partial charge in [-0.25, -0.2) is 0 Å². The Morgan fingerprint density at radius 3 is 2.67 bits per heavy atom. The molecular formula is C13H17ClO3S. The molecule has 100 valence electrons. The summed E-state index contributed by atoms with van der Waals surface area (Å²) in [6, 6.07) is 1.97. The fraction of sp³-hybridized carbons (Fsp3) is 0.692. The highest BCUT2D eigenvalue weighted by Crippen LogP contribution is 2.37. The molecule has 3 rings (SSSR count). The Morgan fingerprint density at radius 1 is 1.33 bits per heavy atom. The first-order valence-electron chi connectivity index (χ1n) is 6.38. The number of rotatable bonds is 3. The minimum Gasteiger partial charge on any atom is -0.374 e. The average Bonchev–Trinajstić information content (AvgIpc) is 2.99. The molecule has 5 heteroatoms. The molecule has 2 heterocycles. The maximum Gasteiger partial charge on any atom is 0.168 e. The van der Waals surface area contributed by atoms with Crippen molar-refractivity contribution in [2.24, 2.45) is 0 Å². The van der Waals surface area contributed by atoms with E-state index in [0.717, 1.165) is 43.2 Å². The van der Waals surface area contributed by atoms with Crippen LogP contribution in [0.5, 0.6) is 0 Å². The van der Waals surface area contributed by atoms with E-state index >= 15 is 0 Å². The highest BCUT2D eigenvalue weighted by Gasteiger charge is 2.40. The zero-order valence-electron chi connectivity index (χ0n) is 10.2. The van der Waals surface area contributed by atoms with Crippen LogP contribution in [0.4, 0.5) is 0 Å². The molecule has 0 bridgehead atoms. The van der Waals surface area contributed by atoms with Gasteiger partial charge in [-0.15, -0.1) is 11.3 Å². The van der Waals surface area contributed by atoms with Crippen molar-refractivity contribution < 1.29 is 14.2 Å². The third kappa shape index (κ3) is 2.89. The van der Waals surface area contributed by atoms with E-state index < -0.39 is 0 Å². The molecule has 1 saturated heterocycles. The zero-order chi connectivity index (χ0) is 12.4. The highest BCUT2D eigenvalue weighted by molar-refractivity contribution is 7.14. The normalized spacial score (nSPS) is 23.8. The van der Waals surface area contributed by atoms with Gasteiger partial charge in [0.15, 0.2) is 5.79 Å². The standard InChI is InChI=1S/C13H17ClO3S/c14-12-7-10(9-18-12)8-15-11-1-3-13(4-2-11)16-5-6-17-13/h7,9,11H,1-6,8H2. The zero-order valence-corrected chi connectivity index (χ0v) is 11.8. The van der Waals surface area contributed by atoms with Gasteiger partial charge in [0.1, 0.15) is 0 Å². The monoisotopic (exact) mass is 288 g/mol. The lowest BCUT2D eigenvalue weighted by atomic mass is 9.92. The summed E-state index contributed by atoms with van der Waals surface area (Å²) in [6.07, 6.45) is 4.24. The molecule has 1 aromatic rings. The lowest BCUT2D eigenvalue weighted by Crippen LogP contribution is -2.37. The Bertz CT molecular complexity index is 391. The quantitative estimate of drug-likeness (QED) is 0.850. The van der Waals surface area contributed by atoms with Crippen molar-refractivity contribution in [3.8, 4) is 0 Å². The van der Waals surface area contributed by atoms with E-state index in [1.807, 2.05) is 6.07 Å². The molecule has 1 spiro atoms. The van der Waals surface area contributed by atoms with Gasteiger partial charge in [-0.05, 0) is 29.9 Å². The van der Waals surface area contributed by atoms with Gasteiger partial charge in [-0.3, -0.25) is 0 Å². The molecule has 0 aromatic carbocycles. The van der Waals surface area contributed by atoms with Crippen molar-refractivity contribution in [2.45, 2.75) is 44.2 Å². The Balaban J connectivity index is 1.45. The second-order valence-corrected chi connectivity index (χ2v) is 6.42. The first-order valence-corrected chi connectivity index (χ1v) is 7.64. The molecule has 0 amide bonds. The lowest BCUT2D eigenvalue weighted by molar-refractivity contribution is -0.192. The maximum absolute atomic E-state index is 5.92. The molecule has 0 atom stereocenters. The van der Waals surface area contributed by atoms with Crippen LogP contribution in [-0.4, -0.2) is 25.1 Å². The van der Waals surface area contributed by atoms with Gasteiger partial charge < -0.3 is 14.2 Å². The number of hydrogen-bond donors (Lipinski definition) is 0. The molecule has 2 fully saturated rings. The third-order valence-corrected chi connectivity index (χ3v) is 4.76. The third-order valence-electron chi connectivity index (χ3n) is 3.62. The molecule has 3 nitrogen and oxygen atoms in total. The van der Waals surface area contributed by atoms with Crippen molar-refractivity contribution in [1.82, 2.24) is 0 Å². The number of thiophene rings is 1. The van der Waals surface area contributed by atoms with E-state index in [0.29, 0.717) is 12.7 Å². The number of ether oxygens (including phenoxy) is 3. The predicted octanol–water partition coefficient (Wildman–Crippen LogP) is 3.60. The molecule has 1 saturated carbocycles. The van der Waals surface area contributed by atoms with E-state index in [4.69, 9.17) is 25.8 Å². The van der Waals surface area contributed by atoms with Crippen molar-refractivity contribution in [3.63, 3.8) is 0 Å². The van der Waals surface area contributed by atoms with E-state index in [-0.39, 0.29) is 5.79 Å². The van der Waals surface area contributed by atoms with Crippen LogP contribution in [-0.2, 0) is 20.8 Å². The van der Waals surface area contributed by atoms with Gasteiger partial charge in [-0.2, -0.15) is 0 Å². The molecule has 0 unspecified atom stereocenters. The van der Waals surface area contributed by atoms with Crippen LogP contribution in [0, 0.1) is 0 Å². The summed E-state index contributed by atoms with van der Waals surface area (Å²) in [4.78, 5) is 0. The minimum absolute atomic E-state index is 0.286. The van der Waals surface area contributed by atoms with Crippen molar-refractivity contribution >= 4 is 22.9 Å². The summed E-state index contributed by atoms with van der Waals surface area (Å²) < 4.78 is 18.1.